The fourth-order valence-corrected chi connectivity index (χ4v) is 1.13. The van der Waals surface area contributed by atoms with Crippen LogP contribution in [0.3, 0.4) is 0 Å². The molecule has 5 N–H and O–H groups in total. The van der Waals surface area contributed by atoms with E-state index in [9.17, 15) is 4.79 Å². The average Bonchev–Trinajstić information content (AvgIpc) is 2.38. The quantitative estimate of drug-likeness (QED) is 0.410. The van der Waals surface area contributed by atoms with Gasteiger partial charge in [-0.2, -0.15) is 0 Å². The Kier molecular flexibility index (Phi) is 13.7. The molecule has 1 rings (SSSR count). The summed E-state index contributed by atoms with van der Waals surface area (Å²) in [6, 6.07) is 0. The second kappa shape index (κ2) is 13.3. The Morgan fingerprint density at radius 3 is 1.62 bits per heavy atom. The molecule has 0 aromatic carbocycles. The van der Waals surface area contributed by atoms with E-state index in [-0.39, 0.29) is 12.5 Å². The van der Waals surface area contributed by atoms with E-state index in [0.717, 1.165) is 25.9 Å². The van der Waals surface area contributed by atoms with Gasteiger partial charge in [-0.05, 0) is 40.0 Å². The first-order valence-corrected chi connectivity index (χ1v) is 6.38. The van der Waals surface area contributed by atoms with Crippen molar-refractivity contribution in [2.45, 2.75) is 25.4 Å². The zero-order chi connectivity index (χ0) is 16.8. The van der Waals surface area contributed by atoms with Gasteiger partial charge in [0.2, 0.25) is 0 Å². The number of aliphatic carboxylic acids is 3. The van der Waals surface area contributed by atoms with Gasteiger partial charge in [-0.25, -0.2) is 9.59 Å². The minimum absolute atomic E-state index is 0.0266. The molecule has 1 fully saturated rings. The van der Waals surface area contributed by atoms with Crippen molar-refractivity contribution in [2.75, 3.05) is 33.7 Å². The molecular weight excluding hydrogens is 284 g/mol. The predicted molar refractivity (Wildman–Crippen MR) is 74.2 cm³/mol. The molecule has 0 aliphatic carbocycles. The molecule has 0 unspecified atom stereocenters. The van der Waals surface area contributed by atoms with Gasteiger partial charge in [0.15, 0.2) is 0 Å². The van der Waals surface area contributed by atoms with Gasteiger partial charge in [0, 0.05) is 6.54 Å². The minimum atomic E-state index is -1.82. The molecule has 0 spiro atoms. The second-order valence-corrected chi connectivity index (χ2v) is 4.54. The molecule has 1 aliphatic heterocycles. The van der Waals surface area contributed by atoms with Crippen molar-refractivity contribution in [1.82, 2.24) is 10.2 Å². The Morgan fingerprint density at radius 1 is 1.05 bits per heavy atom. The highest BCUT2D eigenvalue weighted by Crippen LogP contribution is 1.99. The lowest BCUT2D eigenvalue weighted by Crippen LogP contribution is -2.30. The average molecular weight is 308 g/mol. The number of piperidine rings is 1. The molecule has 0 saturated carbocycles. The minimum Gasteiger partial charge on any atom is -0.481 e. The van der Waals surface area contributed by atoms with E-state index >= 15 is 0 Å². The van der Waals surface area contributed by atoms with Crippen LogP contribution in [0.5, 0.6) is 0 Å². The first-order chi connectivity index (χ1) is 9.66. The lowest BCUT2D eigenvalue weighted by atomic mass is 10.1. The summed E-state index contributed by atoms with van der Waals surface area (Å²) < 4.78 is 0. The van der Waals surface area contributed by atoms with Gasteiger partial charge in [-0.1, -0.05) is 0 Å². The number of aliphatic hydroxyl groups is 1. The number of carbonyl (C=O) groups is 3. The monoisotopic (exact) mass is 308 g/mol. The third-order valence-electron chi connectivity index (χ3n) is 2.26. The van der Waals surface area contributed by atoms with Crippen molar-refractivity contribution < 1.29 is 34.8 Å². The van der Waals surface area contributed by atoms with E-state index in [0.29, 0.717) is 6.54 Å². The fourth-order valence-electron chi connectivity index (χ4n) is 1.13. The van der Waals surface area contributed by atoms with Gasteiger partial charge in [0.05, 0.1) is 12.5 Å². The van der Waals surface area contributed by atoms with E-state index in [2.05, 4.69) is 5.32 Å². The van der Waals surface area contributed by atoms with Crippen LogP contribution in [0.15, 0.2) is 0 Å². The fraction of sp³-hybridized carbons (Fsp3) is 0.750. The van der Waals surface area contributed by atoms with E-state index in [1.54, 1.807) is 0 Å². The zero-order valence-electron chi connectivity index (χ0n) is 12.3. The molecule has 0 bridgehead atoms. The van der Waals surface area contributed by atoms with Crippen LogP contribution in [0.4, 0.5) is 0 Å². The predicted octanol–water partition coefficient (Wildman–Crippen LogP) is -1.09. The van der Waals surface area contributed by atoms with Crippen LogP contribution in [0.25, 0.3) is 0 Å². The highest BCUT2D eigenvalue weighted by molar-refractivity contribution is 6.27. The molecule has 0 atom stereocenters. The first kappa shape index (κ1) is 21.6. The molecule has 124 valence electrons. The number of nitrogens with zero attached hydrogens (tertiary/aromatic N) is 1. The van der Waals surface area contributed by atoms with Crippen molar-refractivity contribution in [1.29, 1.82) is 0 Å². The lowest BCUT2D eigenvalue weighted by Gasteiger charge is -2.16. The van der Waals surface area contributed by atoms with Gasteiger partial charge >= 0.3 is 17.9 Å². The Bertz CT molecular complexity index is 303. The summed E-state index contributed by atoms with van der Waals surface area (Å²) in [5.41, 5.74) is 0. The Hall–Kier alpha value is -1.71. The lowest BCUT2D eigenvalue weighted by molar-refractivity contribution is -0.159. The SMILES string of the molecule is CN(C)CCC(=O)O.O=C(O)C(=O)O.OC1CCNCC1. The molecule has 9 heteroatoms. The number of aliphatic hydroxyl groups excluding tert-OH is 1. The van der Waals surface area contributed by atoms with Gasteiger partial charge in [-0.3, -0.25) is 4.79 Å². The van der Waals surface area contributed by atoms with Crippen LogP contribution >= 0.6 is 0 Å². The number of carboxylic acids is 3. The summed E-state index contributed by atoms with van der Waals surface area (Å²) in [5.74, 6) is -4.39. The smallest absolute Gasteiger partial charge is 0.414 e. The normalized spacial score (nSPS) is 14.3. The van der Waals surface area contributed by atoms with Gasteiger partial charge < -0.3 is 30.6 Å². The second-order valence-electron chi connectivity index (χ2n) is 4.54. The topological polar surface area (TPSA) is 147 Å². The zero-order valence-corrected chi connectivity index (χ0v) is 12.3. The Labute approximate surface area is 123 Å². The standard InChI is InChI=1S/C5H11NO2.C5H11NO.C2H2O4/c1-6(2)4-3-5(7)8;7-5-1-3-6-4-2-5;3-1(4)2(5)6/h3-4H2,1-2H3,(H,7,8);5-7H,1-4H2;(H,3,4)(H,5,6). The molecule has 0 aromatic heterocycles. The van der Waals surface area contributed by atoms with Gasteiger partial charge in [-0.15, -0.1) is 0 Å². The van der Waals surface area contributed by atoms with E-state index in [4.69, 9.17) is 30.0 Å². The molecule has 21 heavy (non-hydrogen) atoms. The molecule has 1 saturated heterocycles. The van der Waals surface area contributed by atoms with Crippen LogP contribution in [-0.2, 0) is 14.4 Å². The highest BCUT2D eigenvalue weighted by Gasteiger charge is 2.06. The van der Waals surface area contributed by atoms with Crippen LogP contribution < -0.4 is 5.32 Å². The van der Waals surface area contributed by atoms with E-state index in [1.807, 2.05) is 19.0 Å². The number of hydrogen-bond donors (Lipinski definition) is 5. The van der Waals surface area contributed by atoms with Crippen molar-refractivity contribution in [3.05, 3.63) is 0 Å². The maximum Gasteiger partial charge on any atom is 0.414 e. The third kappa shape index (κ3) is 20.8. The molecule has 1 heterocycles. The molecule has 0 aromatic rings. The largest absolute Gasteiger partial charge is 0.481 e. The Morgan fingerprint density at radius 2 is 1.48 bits per heavy atom. The molecule has 1 aliphatic rings. The highest BCUT2D eigenvalue weighted by atomic mass is 16.4. The maximum absolute atomic E-state index is 9.88. The summed E-state index contributed by atoms with van der Waals surface area (Å²) in [6.07, 6.45) is 2.06. The molecule has 0 amide bonds. The summed E-state index contributed by atoms with van der Waals surface area (Å²) in [6.45, 7) is 2.59. The van der Waals surface area contributed by atoms with Crippen molar-refractivity contribution in [3.63, 3.8) is 0 Å². The van der Waals surface area contributed by atoms with Crippen LogP contribution in [-0.4, -0.2) is 83.1 Å². The summed E-state index contributed by atoms with van der Waals surface area (Å²) in [4.78, 5) is 29.9. The van der Waals surface area contributed by atoms with E-state index < -0.39 is 17.9 Å². The summed E-state index contributed by atoms with van der Waals surface area (Å²) in [7, 11) is 3.70. The molecule has 0 radical (unpaired) electrons. The number of rotatable bonds is 3. The van der Waals surface area contributed by atoms with Crippen LogP contribution in [0.2, 0.25) is 0 Å². The first-order valence-electron chi connectivity index (χ1n) is 6.38. The Balaban J connectivity index is 0. The van der Waals surface area contributed by atoms with Crippen molar-refractivity contribution in [2.24, 2.45) is 0 Å². The summed E-state index contributed by atoms with van der Waals surface area (Å²) >= 11 is 0. The summed E-state index contributed by atoms with van der Waals surface area (Å²) in [5, 5.41) is 34.9. The number of carboxylic acid groups (broad SMARTS) is 3. The third-order valence-corrected chi connectivity index (χ3v) is 2.26. The maximum atomic E-state index is 9.88. The number of hydrogen-bond acceptors (Lipinski definition) is 6. The van der Waals surface area contributed by atoms with Crippen molar-refractivity contribution >= 4 is 17.9 Å². The number of nitrogens with one attached hydrogen (secondary N) is 1. The molecule has 9 nitrogen and oxygen atoms in total. The van der Waals surface area contributed by atoms with Crippen LogP contribution in [0, 0.1) is 0 Å². The van der Waals surface area contributed by atoms with Crippen molar-refractivity contribution in [3.8, 4) is 0 Å². The van der Waals surface area contributed by atoms with Crippen LogP contribution in [0.1, 0.15) is 19.3 Å². The van der Waals surface area contributed by atoms with Gasteiger partial charge in [0.1, 0.15) is 0 Å². The molecular formula is C12H24N2O7. The van der Waals surface area contributed by atoms with E-state index in [1.165, 1.54) is 0 Å². The van der Waals surface area contributed by atoms with Gasteiger partial charge in [0.25, 0.3) is 0 Å².